The van der Waals surface area contributed by atoms with E-state index in [0.717, 1.165) is 21.6 Å². The van der Waals surface area contributed by atoms with Crippen LogP contribution in [0.25, 0.3) is 15.9 Å². The third-order valence-electron chi connectivity index (χ3n) is 3.87. The summed E-state index contributed by atoms with van der Waals surface area (Å²) in [6, 6.07) is 9.06. The number of aryl methyl sites for hydroxylation is 1. The van der Waals surface area contributed by atoms with Crippen molar-refractivity contribution >= 4 is 45.0 Å². The molecule has 2 aromatic heterocycles. The maximum absolute atomic E-state index is 12.5. The van der Waals surface area contributed by atoms with E-state index in [1.165, 1.54) is 18.3 Å². The highest BCUT2D eigenvalue weighted by atomic mass is 35.5. The number of benzene rings is 1. The van der Waals surface area contributed by atoms with Crippen molar-refractivity contribution in [3.8, 4) is 5.69 Å². The second-order valence-corrected chi connectivity index (χ2v) is 7.36. The van der Waals surface area contributed by atoms with Gasteiger partial charge in [0, 0.05) is 17.0 Å². The maximum atomic E-state index is 12.5. The molecular weight excluding hydrogens is 386 g/mol. The van der Waals surface area contributed by atoms with Gasteiger partial charge in [0.25, 0.3) is 5.91 Å². The first-order chi connectivity index (χ1) is 12.9. The number of nitrogens with one attached hydrogen (secondary N) is 1. The molecule has 1 aromatic carbocycles. The summed E-state index contributed by atoms with van der Waals surface area (Å²) in [7, 11) is 0. The Balaban J connectivity index is 1.86. The number of fused-ring (bicyclic) bond motifs is 1. The molecule has 0 fully saturated rings. The fourth-order valence-corrected chi connectivity index (χ4v) is 3.77. The van der Waals surface area contributed by atoms with Crippen LogP contribution in [0.4, 0.5) is 0 Å². The number of halogens is 1. The number of carbonyl (C=O) groups is 2. The van der Waals surface area contributed by atoms with Gasteiger partial charge in [-0.05, 0) is 38.1 Å². The fourth-order valence-electron chi connectivity index (χ4n) is 2.52. The van der Waals surface area contributed by atoms with Gasteiger partial charge in [-0.25, -0.2) is 9.48 Å². The fraction of sp³-hybridized carbons (Fsp3) is 0.211. The molecule has 2 heterocycles. The van der Waals surface area contributed by atoms with Crippen LogP contribution in [0, 0.1) is 6.92 Å². The third-order valence-corrected chi connectivity index (χ3v) is 5.20. The molecule has 0 unspecified atom stereocenters. The van der Waals surface area contributed by atoms with E-state index in [2.05, 4.69) is 17.0 Å². The van der Waals surface area contributed by atoms with Crippen LogP contribution in [-0.2, 0) is 9.53 Å². The molecule has 0 bridgehead atoms. The zero-order chi connectivity index (χ0) is 19.6. The van der Waals surface area contributed by atoms with Gasteiger partial charge in [0.1, 0.15) is 9.71 Å². The molecule has 6 nitrogen and oxygen atoms in total. The lowest BCUT2D eigenvalue weighted by Crippen LogP contribution is -2.35. The molecule has 0 spiro atoms. The first-order valence-corrected chi connectivity index (χ1v) is 9.45. The largest absolute Gasteiger partial charge is 0.448 e. The van der Waals surface area contributed by atoms with Gasteiger partial charge < -0.3 is 10.1 Å². The summed E-state index contributed by atoms with van der Waals surface area (Å²) in [5.74, 6) is -0.917. The van der Waals surface area contributed by atoms with Gasteiger partial charge in [0.05, 0.1) is 11.4 Å². The number of hydrogen-bond donors (Lipinski definition) is 1. The van der Waals surface area contributed by atoms with E-state index in [1.54, 1.807) is 29.0 Å². The lowest BCUT2D eigenvalue weighted by atomic mass is 10.3. The predicted octanol–water partition coefficient (Wildman–Crippen LogP) is 3.90. The molecule has 0 saturated heterocycles. The van der Waals surface area contributed by atoms with E-state index < -0.39 is 12.1 Å². The average Bonchev–Trinajstić information content (AvgIpc) is 3.20. The van der Waals surface area contributed by atoms with Crippen molar-refractivity contribution in [2.75, 3.05) is 6.54 Å². The molecule has 3 aromatic rings. The van der Waals surface area contributed by atoms with Crippen molar-refractivity contribution in [2.45, 2.75) is 20.0 Å². The van der Waals surface area contributed by atoms with E-state index in [9.17, 15) is 9.59 Å². The highest BCUT2D eigenvalue weighted by Crippen LogP contribution is 2.31. The molecule has 8 heteroatoms. The standard InChI is InChI=1S/C19H18ClN3O3S/c1-4-8-21-17(24)12(3)26-19(25)16-10-15-11(2)22-23(18(15)27-16)14-7-5-6-13(20)9-14/h4-7,9-10,12H,1,8H2,2-3H3,(H,21,24)/t12-/m1/s1. The van der Waals surface area contributed by atoms with Crippen LogP contribution in [-0.4, -0.2) is 34.3 Å². The molecule has 140 valence electrons. The van der Waals surface area contributed by atoms with Crippen molar-refractivity contribution in [3.63, 3.8) is 0 Å². The summed E-state index contributed by atoms with van der Waals surface area (Å²) in [6.45, 7) is 7.25. The average molecular weight is 404 g/mol. The van der Waals surface area contributed by atoms with Gasteiger partial charge in [0.15, 0.2) is 6.10 Å². The van der Waals surface area contributed by atoms with Crippen molar-refractivity contribution in [1.82, 2.24) is 15.1 Å². The van der Waals surface area contributed by atoms with E-state index in [-0.39, 0.29) is 5.91 Å². The second-order valence-electron chi connectivity index (χ2n) is 5.89. The van der Waals surface area contributed by atoms with Crippen LogP contribution in [0.1, 0.15) is 22.3 Å². The smallest absolute Gasteiger partial charge is 0.349 e. The van der Waals surface area contributed by atoms with Gasteiger partial charge in [-0.2, -0.15) is 5.10 Å². The Morgan fingerprint density at radius 3 is 2.93 bits per heavy atom. The number of carbonyl (C=O) groups excluding carboxylic acids is 2. The van der Waals surface area contributed by atoms with Gasteiger partial charge in [-0.15, -0.1) is 17.9 Å². The minimum absolute atomic E-state index is 0.318. The maximum Gasteiger partial charge on any atom is 0.349 e. The quantitative estimate of drug-likeness (QED) is 0.500. The molecule has 27 heavy (non-hydrogen) atoms. The second kappa shape index (κ2) is 7.94. The van der Waals surface area contributed by atoms with Gasteiger partial charge >= 0.3 is 5.97 Å². The van der Waals surface area contributed by atoms with E-state index in [1.807, 2.05) is 19.1 Å². The number of hydrogen-bond acceptors (Lipinski definition) is 5. The number of amides is 1. The molecule has 1 N–H and O–H groups in total. The lowest BCUT2D eigenvalue weighted by molar-refractivity contribution is -0.128. The highest BCUT2D eigenvalue weighted by Gasteiger charge is 2.22. The minimum atomic E-state index is -0.895. The molecule has 0 aliphatic carbocycles. The normalized spacial score (nSPS) is 12.0. The molecular formula is C19H18ClN3O3S. The Morgan fingerprint density at radius 1 is 1.44 bits per heavy atom. The number of rotatable bonds is 6. The number of thiophene rings is 1. The Labute approximate surface area is 165 Å². The summed E-state index contributed by atoms with van der Waals surface area (Å²) in [6.07, 6.45) is 0.663. The monoisotopic (exact) mass is 403 g/mol. The summed E-state index contributed by atoms with van der Waals surface area (Å²) < 4.78 is 7.02. The molecule has 0 saturated carbocycles. The zero-order valence-corrected chi connectivity index (χ0v) is 16.4. The highest BCUT2D eigenvalue weighted by molar-refractivity contribution is 7.20. The van der Waals surface area contributed by atoms with E-state index >= 15 is 0 Å². The summed E-state index contributed by atoms with van der Waals surface area (Å²) in [4.78, 5) is 25.5. The Morgan fingerprint density at radius 2 is 2.22 bits per heavy atom. The van der Waals surface area contributed by atoms with Crippen molar-refractivity contribution in [1.29, 1.82) is 0 Å². The van der Waals surface area contributed by atoms with E-state index in [0.29, 0.717) is 16.4 Å². The van der Waals surface area contributed by atoms with Crippen molar-refractivity contribution < 1.29 is 14.3 Å². The first-order valence-electron chi connectivity index (χ1n) is 8.25. The van der Waals surface area contributed by atoms with Crippen LogP contribution in [0.2, 0.25) is 5.02 Å². The number of ether oxygens (including phenoxy) is 1. The Hall–Kier alpha value is -2.64. The van der Waals surface area contributed by atoms with Crippen LogP contribution < -0.4 is 5.32 Å². The minimum Gasteiger partial charge on any atom is -0.448 e. The summed E-state index contributed by atoms with van der Waals surface area (Å²) in [5, 5.41) is 8.58. The molecule has 0 aliphatic heterocycles. The van der Waals surface area contributed by atoms with E-state index in [4.69, 9.17) is 16.3 Å². The van der Waals surface area contributed by atoms with Crippen LogP contribution >= 0.6 is 22.9 Å². The number of aromatic nitrogens is 2. The Bertz CT molecular complexity index is 1020. The molecule has 0 radical (unpaired) electrons. The summed E-state index contributed by atoms with van der Waals surface area (Å²) >= 11 is 7.34. The number of nitrogens with zero attached hydrogens (tertiary/aromatic N) is 2. The molecule has 3 rings (SSSR count). The topological polar surface area (TPSA) is 73.2 Å². The summed E-state index contributed by atoms with van der Waals surface area (Å²) in [5.41, 5.74) is 1.59. The van der Waals surface area contributed by atoms with Crippen LogP contribution in [0.15, 0.2) is 43.0 Å². The van der Waals surface area contributed by atoms with Crippen molar-refractivity contribution in [3.05, 3.63) is 58.6 Å². The van der Waals surface area contributed by atoms with Gasteiger partial charge in [-0.1, -0.05) is 23.7 Å². The predicted molar refractivity (Wildman–Crippen MR) is 107 cm³/mol. The molecule has 1 atom stereocenters. The molecule has 0 aliphatic rings. The van der Waals surface area contributed by atoms with Crippen molar-refractivity contribution in [2.24, 2.45) is 0 Å². The SMILES string of the molecule is C=CCNC(=O)[C@@H](C)OC(=O)c1cc2c(C)nn(-c3cccc(Cl)c3)c2s1. The van der Waals surface area contributed by atoms with Crippen LogP contribution in [0.3, 0.4) is 0 Å². The zero-order valence-electron chi connectivity index (χ0n) is 14.9. The van der Waals surface area contributed by atoms with Gasteiger partial charge in [0.2, 0.25) is 0 Å². The molecule has 1 amide bonds. The Kier molecular flexibility index (Phi) is 5.62. The van der Waals surface area contributed by atoms with Crippen LogP contribution in [0.5, 0.6) is 0 Å². The third kappa shape index (κ3) is 4.04. The van der Waals surface area contributed by atoms with Gasteiger partial charge in [-0.3, -0.25) is 4.79 Å². The number of esters is 1. The first kappa shape index (κ1) is 19.1. The lowest BCUT2D eigenvalue weighted by Gasteiger charge is -2.11.